The van der Waals surface area contributed by atoms with E-state index in [1.54, 1.807) is 12.1 Å². The Morgan fingerprint density at radius 2 is 1.77 bits per heavy atom. The number of carbonyl (C=O) groups excluding carboxylic acids is 2. The number of methoxy groups -OCH3 is 1. The first-order valence-corrected chi connectivity index (χ1v) is 7.97. The number of hydrogen-bond acceptors (Lipinski definition) is 6. The van der Waals surface area contributed by atoms with Crippen LogP contribution in [0.5, 0.6) is 11.5 Å². The molecule has 1 aromatic carbocycles. The number of likely N-dealkylation sites (N-methyl/N-ethyl adjacent to an activating group) is 2. The summed E-state index contributed by atoms with van der Waals surface area (Å²) < 4.78 is 10.5. The topological polar surface area (TPSA) is 96.4 Å². The molecule has 8 nitrogen and oxygen atoms in total. The van der Waals surface area contributed by atoms with Crippen molar-refractivity contribution < 1.29 is 29.0 Å². The lowest BCUT2D eigenvalue weighted by Crippen LogP contribution is -2.52. The first-order valence-electron chi connectivity index (χ1n) is 7.56. The average molecular weight is 378 g/mol. The highest BCUT2D eigenvalue weighted by Crippen LogP contribution is 2.30. The van der Waals surface area contributed by atoms with Crippen molar-refractivity contribution in [1.29, 1.82) is 0 Å². The normalized spacial score (nSPS) is 15.8. The molecule has 0 saturated carbocycles. The second kappa shape index (κ2) is 7.52. The highest BCUT2D eigenvalue weighted by molar-refractivity contribution is 7.80. The van der Waals surface area contributed by atoms with Gasteiger partial charge in [-0.3, -0.25) is 19.4 Å². The van der Waals surface area contributed by atoms with Crippen LogP contribution in [0.2, 0.25) is 0 Å². The van der Waals surface area contributed by atoms with Gasteiger partial charge in [0, 0.05) is 14.1 Å². The fourth-order valence-corrected chi connectivity index (χ4v) is 2.42. The molecule has 0 radical (unpaired) electrons. The van der Waals surface area contributed by atoms with Crippen LogP contribution in [0.3, 0.4) is 0 Å². The van der Waals surface area contributed by atoms with Crippen LogP contribution in [0.1, 0.15) is 12.5 Å². The smallest absolute Gasteiger partial charge is 0.344 e. The van der Waals surface area contributed by atoms with Crippen LogP contribution < -0.4 is 9.47 Å². The Hall–Kier alpha value is -2.94. The third kappa shape index (κ3) is 3.67. The van der Waals surface area contributed by atoms with Gasteiger partial charge >= 0.3 is 5.97 Å². The summed E-state index contributed by atoms with van der Waals surface area (Å²) >= 11 is 5.04. The maximum absolute atomic E-state index is 12.3. The number of nitrogens with zero attached hydrogens (tertiary/aromatic N) is 2. The van der Waals surface area contributed by atoms with Crippen LogP contribution in [0.4, 0.5) is 0 Å². The SMILES string of the molecule is COc1cc(C=C2C(=O)N(C)C(=S)N(C)C2=O)ccc1O[C@H](C)C(=O)O. The maximum Gasteiger partial charge on any atom is 0.344 e. The number of ether oxygens (including phenoxy) is 2. The summed E-state index contributed by atoms with van der Waals surface area (Å²) in [7, 11) is 4.39. The zero-order valence-corrected chi connectivity index (χ0v) is 15.5. The van der Waals surface area contributed by atoms with Crippen molar-refractivity contribution in [1.82, 2.24) is 9.80 Å². The minimum absolute atomic E-state index is 0.0433. The second-order valence-corrected chi connectivity index (χ2v) is 5.94. The van der Waals surface area contributed by atoms with Crippen molar-refractivity contribution in [3.8, 4) is 11.5 Å². The van der Waals surface area contributed by atoms with E-state index in [4.69, 9.17) is 26.8 Å². The van der Waals surface area contributed by atoms with Gasteiger partial charge in [0.15, 0.2) is 22.7 Å². The van der Waals surface area contributed by atoms with Crippen molar-refractivity contribution in [2.75, 3.05) is 21.2 Å². The summed E-state index contributed by atoms with van der Waals surface area (Å²) in [5.74, 6) is -1.60. The highest BCUT2D eigenvalue weighted by Gasteiger charge is 2.35. The number of rotatable bonds is 5. The van der Waals surface area contributed by atoms with Gasteiger partial charge in [0.25, 0.3) is 11.8 Å². The van der Waals surface area contributed by atoms with Crippen molar-refractivity contribution >= 4 is 41.2 Å². The summed E-state index contributed by atoms with van der Waals surface area (Å²) in [6, 6.07) is 4.65. The molecule has 1 N–H and O–H groups in total. The molecule has 0 spiro atoms. The van der Waals surface area contributed by atoms with Crippen LogP contribution in [-0.2, 0) is 14.4 Å². The molecule has 0 aliphatic carbocycles. The first-order chi connectivity index (χ1) is 12.2. The summed E-state index contributed by atoms with van der Waals surface area (Å²) in [6.45, 7) is 1.39. The Morgan fingerprint density at radius 1 is 1.19 bits per heavy atom. The molecule has 1 atom stereocenters. The number of aliphatic carboxylic acids is 1. The van der Waals surface area contributed by atoms with E-state index in [1.807, 2.05) is 0 Å². The quantitative estimate of drug-likeness (QED) is 0.466. The lowest BCUT2D eigenvalue weighted by atomic mass is 10.1. The van der Waals surface area contributed by atoms with E-state index in [-0.39, 0.29) is 22.2 Å². The molecule has 2 rings (SSSR count). The fourth-order valence-electron chi connectivity index (χ4n) is 2.25. The predicted octanol–water partition coefficient (Wildman–Crippen LogP) is 1.15. The molecule has 26 heavy (non-hydrogen) atoms. The van der Waals surface area contributed by atoms with Gasteiger partial charge in [0.2, 0.25) is 0 Å². The van der Waals surface area contributed by atoms with E-state index in [2.05, 4.69) is 0 Å². The zero-order valence-electron chi connectivity index (χ0n) is 14.7. The number of amides is 2. The first kappa shape index (κ1) is 19.4. The molecule has 1 fully saturated rings. The van der Waals surface area contributed by atoms with E-state index in [0.717, 1.165) is 0 Å². The Kier molecular flexibility index (Phi) is 5.61. The second-order valence-electron chi connectivity index (χ2n) is 5.58. The van der Waals surface area contributed by atoms with Gasteiger partial charge < -0.3 is 14.6 Å². The van der Waals surface area contributed by atoms with Crippen LogP contribution in [-0.4, -0.2) is 65.1 Å². The summed E-state index contributed by atoms with van der Waals surface area (Å²) in [4.78, 5) is 38.0. The van der Waals surface area contributed by atoms with Gasteiger partial charge in [-0.15, -0.1) is 0 Å². The molecule has 9 heteroatoms. The monoisotopic (exact) mass is 378 g/mol. The molecular weight excluding hydrogens is 360 g/mol. The third-order valence-corrected chi connectivity index (χ3v) is 4.34. The number of benzene rings is 1. The molecule has 1 aliphatic rings. The maximum atomic E-state index is 12.3. The van der Waals surface area contributed by atoms with Crippen molar-refractivity contribution in [3.05, 3.63) is 29.3 Å². The molecular formula is C17H18N2O6S. The summed E-state index contributed by atoms with van der Waals surface area (Å²) in [5.41, 5.74) is 0.474. The third-order valence-electron chi connectivity index (χ3n) is 3.79. The number of carboxylic acid groups (broad SMARTS) is 1. The minimum Gasteiger partial charge on any atom is -0.493 e. The predicted molar refractivity (Wildman–Crippen MR) is 96.8 cm³/mol. The Morgan fingerprint density at radius 3 is 2.27 bits per heavy atom. The van der Waals surface area contributed by atoms with Gasteiger partial charge in [-0.1, -0.05) is 6.07 Å². The van der Waals surface area contributed by atoms with E-state index >= 15 is 0 Å². The summed E-state index contributed by atoms with van der Waals surface area (Å²) in [5, 5.41) is 9.06. The Labute approximate surface area is 155 Å². The molecule has 1 heterocycles. The largest absolute Gasteiger partial charge is 0.493 e. The van der Waals surface area contributed by atoms with E-state index in [0.29, 0.717) is 5.56 Å². The minimum atomic E-state index is -1.11. The Balaban J connectivity index is 2.38. The molecule has 1 saturated heterocycles. The molecule has 1 aromatic rings. The fraction of sp³-hybridized carbons (Fsp3) is 0.294. The van der Waals surface area contributed by atoms with Crippen molar-refractivity contribution in [2.24, 2.45) is 0 Å². The van der Waals surface area contributed by atoms with Gasteiger partial charge in [0.1, 0.15) is 5.57 Å². The van der Waals surface area contributed by atoms with E-state index < -0.39 is 23.9 Å². The lowest BCUT2D eigenvalue weighted by Gasteiger charge is -2.31. The molecule has 0 aromatic heterocycles. The highest BCUT2D eigenvalue weighted by atomic mass is 32.1. The molecule has 2 amide bonds. The van der Waals surface area contributed by atoms with Crippen molar-refractivity contribution in [3.63, 3.8) is 0 Å². The van der Waals surface area contributed by atoms with Crippen LogP contribution in [0.15, 0.2) is 23.8 Å². The lowest BCUT2D eigenvalue weighted by molar-refractivity contribution is -0.144. The van der Waals surface area contributed by atoms with Crippen LogP contribution in [0, 0.1) is 0 Å². The average Bonchev–Trinajstić information content (AvgIpc) is 2.62. The molecule has 0 unspecified atom stereocenters. The molecule has 0 bridgehead atoms. The number of carbonyl (C=O) groups is 3. The van der Waals surface area contributed by atoms with Crippen LogP contribution >= 0.6 is 12.2 Å². The van der Waals surface area contributed by atoms with E-state index in [9.17, 15) is 14.4 Å². The van der Waals surface area contributed by atoms with Gasteiger partial charge in [-0.2, -0.15) is 0 Å². The standard InChI is InChI=1S/C17H18N2O6S/c1-9(16(22)23)25-12-6-5-10(8-13(12)24-4)7-11-14(20)18(2)17(26)19(3)15(11)21/h5-9H,1-4H3,(H,22,23)/t9-/m1/s1. The van der Waals surface area contributed by atoms with Crippen molar-refractivity contribution in [2.45, 2.75) is 13.0 Å². The number of thiocarbonyl (C=S) groups is 1. The van der Waals surface area contributed by atoms with Gasteiger partial charge in [-0.25, -0.2) is 4.79 Å². The van der Waals surface area contributed by atoms with Crippen LogP contribution in [0.25, 0.3) is 6.08 Å². The van der Waals surface area contributed by atoms with E-state index in [1.165, 1.54) is 50.1 Å². The molecule has 1 aliphatic heterocycles. The molecule has 138 valence electrons. The number of carboxylic acids is 1. The van der Waals surface area contributed by atoms with Gasteiger partial charge in [-0.05, 0) is 42.9 Å². The summed E-state index contributed by atoms with van der Waals surface area (Å²) in [6.07, 6.45) is 0.365. The zero-order chi connectivity index (χ0) is 19.6. The Bertz CT molecular complexity index is 793. The number of hydrogen-bond donors (Lipinski definition) is 1. The van der Waals surface area contributed by atoms with Gasteiger partial charge in [0.05, 0.1) is 7.11 Å².